The second-order valence-corrected chi connectivity index (χ2v) is 11.7. The molecule has 2 aliphatic heterocycles. The smallest absolute Gasteiger partial charge is 0.282 e. The van der Waals surface area contributed by atoms with Gasteiger partial charge in [-0.15, -0.1) is 0 Å². The lowest BCUT2D eigenvalue weighted by Gasteiger charge is -2.43. The molecule has 0 bridgehead atoms. The quantitative estimate of drug-likeness (QED) is 0.509. The summed E-state index contributed by atoms with van der Waals surface area (Å²) in [7, 11) is -3.94. The normalized spacial score (nSPS) is 23.7. The molecule has 0 aromatic carbocycles. The molecule has 1 aliphatic carbocycles. The van der Waals surface area contributed by atoms with Crippen LogP contribution in [0.1, 0.15) is 19.3 Å². The number of aromatic nitrogens is 3. The summed E-state index contributed by atoms with van der Waals surface area (Å²) in [5.41, 5.74) is 0.194. The highest BCUT2D eigenvalue weighted by atomic mass is 32.2. The van der Waals surface area contributed by atoms with Crippen LogP contribution in [0, 0.1) is 5.92 Å². The Kier molecular flexibility index (Phi) is 5.93. The van der Waals surface area contributed by atoms with Crippen molar-refractivity contribution in [1.29, 1.82) is 0 Å². The molecule has 13 heteroatoms. The third-order valence-electron chi connectivity index (χ3n) is 6.70. The number of aliphatic hydroxyl groups is 1. The highest BCUT2D eigenvalue weighted by Gasteiger charge is 2.57. The van der Waals surface area contributed by atoms with Crippen LogP contribution in [-0.2, 0) is 19.8 Å². The molecule has 2 aromatic heterocycles. The number of Topliss-reactive ketones (excluding diaryl/α,β-unsaturated/α-hetero) is 1. The van der Waals surface area contributed by atoms with Gasteiger partial charge in [0.1, 0.15) is 17.8 Å². The first-order valence-corrected chi connectivity index (χ1v) is 13.4. The highest BCUT2D eigenvalue weighted by Crippen LogP contribution is 2.47. The minimum Gasteiger partial charge on any atom is -0.395 e. The molecular formula is C20H26N6O5S2. The number of anilines is 1. The van der Waals surface area contributed by atoms with Gasteiger partial charge < -0.3 is 15.0 Å². The topological polar surface area (TPSA) is 140 Å². The number of carbonyl (C=O) groups is 2. The van der Waals surface area contributed by atoms with E-state index in [1.165, 1.54) is 14.9 Å². The van der Waals surface area contributed by atoms with Gasteiger partial charge in [0.25, 0.3) is 15.3 Å². The van der Waals surface area contributed by atoms with Crippen molar-refractivity contribution in [3.63, 3.8) is 0 Å². The molecule has 4 heterocycles. The van der Waals surface area contributed by atoms with Crippen molar-refractivity contribution in [3.8, 4) is 0 Å². The maximum absolute atomic E-state index is 13.7. The average molecular weight is 495 g/mol. The fraction of sp³-hybridized carbons (Fsp3) is 0.600. The van der Waals surface area contributed by atoms with E-state index in [1.54, 1.807) is 6.20 Å². The molecule has 11 nitrogen and oxygen atoms in total. The molecule has 1 unspecified atom stereocenters. The van der Waals surface area contributed by atoms with Crippen LogP contribution < -0.4 is 4.90 Å². The molecule has 1 saturated carbocycles. The van der Waals surface area contributed by atoms with Gasteiger partial charge in [-0.2, -0.15) is 17.0 Å². The minimum atomic E-state index is -3.94. The second kappa shape index (κ2) is 8.62. The summed E-state index contributed by atoms with van der Waals surface area (Å²) >= 11 is 0.981. The van der Waals surface area contributed by atoms with Crippen molar-refractivity contribution in [2.45, 2.75) is 24.8 Å². The number of fused-ring (bicyclic) bond motifs is 1. The molecule has 0 amide bonds. The molecular weight excluding hydrogens is 468 g/mol. The molecule has 2 aromatic rings. The molecule has 2 saturated heterocycles. The monoisotopic (exact) mass is 494 g/mol. The Hall–Kier alpha value is -2.06. The molecule has 0 radical (unpaired) electrons. The van der Waals surface area contributed by atoms with Gasteiger partial charge in [-0.3, -0.25) is 9.59 Å². The summed E-state index contributed by atoms with van der Waals surface area (Å²) in [5.74, 6) is 0.0758. The third-order valence-corrected chi connectivity index (χ3v) is 9.71. The Bertz CT molecular complexity index is 1180. The summed E-state index contributed by atoms with van der Waals surface area (Å²) in [6.45, 7) is 0.687. The molecule has 178 valence electrons. The number of ketones is 1. The summed E-state index contributed by atoms with van der Waals surface area (Å²) in [6, 6.07) is 1.91. The van der Waals surface area contributed by atoms with Crippen molar-refractivity contribution >= 4 is 49.7 Å². The Labute approximate surface area is 195 Å². The number of rotatable bonds is 7. The summed E-state index contributed by atoms with van der Waals surface area (Å²) in [6.07, 6.45) is 5.22. The van der Waals surface area contributed by atoms with E-state index in [4.69, 9.17) is 0 Å². The van der Waals surface area contributed by atoms with E-state index in [9.17, 15) is 23.1 Å². The van der Waals surface area contributed by atoms with E-state index >= 15 is 0 Å². The number of hydrogen-bond acceptors (Lipinski definition) is 9. The zero-order valence-electron chi connectivity index (χ0n) is 18.0. The van der Waals surface area contributed by atoms with E-state index < -0.39 is 32.6 Å². The zero-order valence-corrected chi connectivity index (χ0v) is 19.6. The van der Waals surface area contributed by atoms with E-state index in [0.717, 1.165) is 41.5 Å². The van der Waals surface area contributed by atoms with E-state index in [1.807, 2.05) is 6.07 Å². The lowest BCUT2D eigenvalue weighted by atomic mass is 10.0. The lowest BCUT2D eigenvalue weighted by molar-refractivity contribution is -0.134. The fourth-order valence-corrected chi connectivity index (χ4v) is 7.70. The van der Waals surface area contributed by atoms with Gasteiger partial charge in [-0.1, -0.05) is 11.8 Å². The van der Waals surface area contributed by atoms with Crippen molar-refractivity contribution in [2.24, 2.45) is 5.92 Å². The zero-order chi connectivity index (χ0) is 23.2. The first kappa shape index (κ1) is 22.7. The SMILES string of the molecule is O=C1SCCC(CN(CCO)S(=O)(=O)N2CCN(c3ncnc4[nH]ccc34)CC23CC3)C1=O. The Morgan fingerprint density at radius 1 is 1.27 bits per heavy atom. The van der Waals surface area contributed by atoms with Crippen molar-refractivity contribution in [2.75, 3.05) is 50.0 Å². The molecule has 3 aliphatic rings. The van der Waals surface area contributed by atoms with Crippen molar-refractivity contribution in [1.82, 2.24) is 23.6 Å². The predicted octanol–water partition coefficient (Wildman–Crippen LogP) is 0.000400. The number of H-pyrrole nitrogens is 1. The first-order chi connectivity index (χ1) is 15.9. The Morgan fingerprint density at radius 3 is 2.85 bits per heavy atom. The number of hydrogen-bond donors (Lipinski definition) is 2. The molecule has 2 N–H and O–H groups in total. The summed E-state index contributed by atoms with van der Waals surface area (Å²) in [4.78, 5) is 38.0. The molecule has 1 atom stereocenters. The van der Waals surface area contributed by atoms with Crippen LogP contribution in [0.4, 0.5) is 5.82 Å². The van der Waals surface area contributed by atoms with Gasteiger partial charge >= 0.3 is 0 Å². The van der Waals surface area contributed by atoms with Crippen molar-refractivity contribution < 1.29 is 23.1 Å². The van der Waals surface area contributed by atoms with Crippen LogP contribution >= 0.6 is 11.8 Å². The number of nitrogens with one attached hydrogen (secondary N) is 1. The number of thioether (sulfide) groups is 1. The average Bonchev–Trinajstić information content (AvgIpc) is 3.37. The van der Waals surface area contributed by atoms with Gasteiger partial charge in [-0.25, -0.2) is 9.97 Å². The standard InChI is InChI=1S/C20H26N6O5S2/c27-9-8-25(11-14-2-10-32-19(29)16(14)28)33(30,31)26-7-6-24(12-20(26)3-4-20)18-15-1-5-21-17(15)22-13-23-18/h1,5,13-14,27H,2-4,6-12H2,(H,21,22,23). The molecule has 3 fully saturated rings. The van der Waals surface area contributed by atoms with Crippen LogP contribution in [0.2, 0.25) is 0 Å². The first-order valence-electron chi connectivity index (χ1n) is 11.0. The highest BCUT2D eigenvalue weighted by molar-refractivity contribution is 8.15. The van der Waals surface area contributed by atoms with Crippen LogP contribution in [0.15, 0.2) is 18.6 Å². The number of nitrogens with zero attached hydrogens (tertiary/aromatic N) is 5. The lowest BCUT2D eigenvalue weighted by Crippen LogP contribution is -2.61. The summed E-state index contributed by atoms with van der Waals surface area (Å²) in [5, 5.41) is 9.94. The van der Waals surface area contributed by atoms with Gasteiger partial charge in [0.15, 0.2) is 0 Å². The van der Waals surface area contributed by atoms with E-state index in [-0.39, 0.29) is 26.2 Å². The van der Waals surface area contributed by atoms with Gasteiger partial charge in [-0.05, 0) is 25.3 Å². The summed E-state index contributed by atoms with van der Waals surface area (Å²) < 4.78 is 30.1. The fourth-order valence-electron chi connectivity index (χ4n) is 4.80. The van der Waals surface area contributed by atoms with Gasteiger partial charge in [0, 0.05) is 50.6 Å². The van der Waals surface area contributed by atoms with E-state index in [2.05, 4.69) is 19.9 Å². The van der Waals surface area contributed by atoms with Crippen LogP contribution in [0.25, 0.3) is 11.0 Å². The van der Waals surface area contributed by atoms with Crippen LogP contribution in [0.5, 0.6) is 0 Å². The minimum absolute atomic E-state index is 0.0831. The second-order valence-electron chi connectivity index (χ2n) is 8.73. The number of piperazine rings is 1. The Morgan fingerprint density at radius 2 is 2.09 bits per heavy atom. The predicted molar refractivity (Wildman–Crippen MR) is 123 cm³/mol. The van der Waals surface area contributed by atoms with E-state index in [0.29, 0.717) is 25.3 Å². The number of aromatic amines is 1. The van der Waals surface area contributed by atoms with Crippen LogP contribution in [0.3, 0.4) is 0 Å². The molecule has 33 heavy (non-hydrogen) atoms. The maximum Gasteiger partial charge on any atom is 0.282 e. The number of carbonyl (C=O) groups excluding carboxylic acids is 2. The largest absolute Gasteiger partial charge is 0.395 e. The molecule has 5 rings (SSSR count). The molecule has 1 spiro atoms. The van der Waals surface area contributed by atoms with Gasteiger partial charge in [0.2, 0.25) is 5.78 Å². The van der Waals surface area contributed by atoms with Crippen molar-refractivity contribution in [3.05, 3.63) is 18.6 Å². The van der Waals surface area contributed by atoms with Gasteiger partial charge in [0.05, 0.1) is 17.5 Å². The maximum atomic E-state index is 13.7. The Balaban J connectivity index is 1.37. The van der Waals surface area contributed by atoms with Crippen LogP contribution in [-0.4, -0.2) is 98.6 Å². The number of aliphatic hydroxyl groups excluding tert-OH is 1. The third kappa shape index (κ3) is 4.05.